The van der Waals surface area contributed by atoms with Crippen LogP contribution in [-0.2, 0) is 6.18 Å². The van der Waals surface area contributed by atoms with E-state index in [4.69, 9.17) is 0 Å². The van der Waals surface area contributed by atoms with Crippen LogP contribution in [0.25, 0.3) is 0 Å². The van der Waals surface area contributed by atoms with Gasteiger partial charge in [-0.3, -0.25) is 0 Å². The van der Waals surface area contributed by atoms with Crippen molar-refractivity contribution in [1.82, 2.24) is 4.98 Å². The van der Waals surface area contributed by atoms with E-state index >= 15 is 0 Å². The molecule has 0 saturated heterocycles. The van der Waals surface area contributed by atoms with Crippen molar-refractivity contribution in [3.8, 4) is 0 Å². The summed E-state index contributed by atoms with van der Waals surface area (Å²) in [4.78, 5) is 3.27. The average Bonchev–Trinajstić information content (AvgIpc) is 1.83. The summed E-state index contributed by atoms with van der Waals surface area (Å²) in [6, 6.07) is 1.37. The van der Waals surface area contributed by atoms with Gasteiger partial charge in [0.25, 0.3) is 0 Å². The summed E-state index contributed by atoms with van der Waals surface area (Å²) in [6.45, 7) is 0. The quantitative estimate of drug-likeness (QED) is 0.652. The van der Waals surface area contributed by atoms with Crippen LogP contribution in [0.4, 0.5) is 13.2 Å². The van der Waals surface area contributed by atoms with E-state index in [-0.39, 0.29) is 3.57 Å². The lowest BCUT2D eigenvalue weighted by Gasteiger charge is -2.06. The molecule has 0 spiro atoms. The van der Waals surface area contributed by atoms with Gasteiger partial charge >= 0.3 is 6.18 Å². The monoisotopic (exact) mass is 351 g/mol. The van der Waals surface area contributed by atoms with E-state index in [2.05, 4.69) is 20.9 Å². The predicted octanol–water partition coefficient (Wildman–Crippen LogP) is 3.47. The van der Waals surface area contributed by atoms with Gasteiger partial charge in [0.1, 0.15) is 0 Å². The number of hydrogen-bond donors (Lipinski definition) is 0. The van der Waals surface area contributed by atoms with E-state index in [1.807, 2.05) is 0 Å². The smallest absolute Gasteiger partial charge is 0.250 e. The molecule has 0 bridgehead atoms. The first kappa shape index (κ1) is 10.2. The maximum Gasteiger partial charge on any atom is 0.434 e. The SMILES string of the molecule is FC(F)(F)c1ncc(Br)cc1I. The van der Waals surface area contributed by atoms with Crippen molar-refractivity contribution >= 4 is 38.5 Å². The normalized spacial score (nSPS) is 11.8. The number of aromatic nitrogens is 1. The highest BCUT2D eigenvalue weighted by Crippen LogP contribution is 2.31. The first-order valence-electron chi connectivity index (χ1n) is 2.79. The molecule has 0 radical (unpaired) electrons. The summed E-state index contributed by atoms with van der Waals surface area (Å²) < 4.78 is 36.9. The van der Waals surface area contributed by atoms with Gasteiger partial charge in [-0.05, 0) is 44.6 Å². The minimum absolute atomic E-state index is 0.0921. The Balaban J connectivity index is 3.19. The summed E-state index contributed by atoms with van der Waals surface area (Å²) in [5, 5.41) is 0. The molecule has 6 heteroatoms. The van der Waals surface area contributed by atoms with E-state index in [9.17, 15) is 13.2 Å². The highest BCUT2D eigenvalue weighted by atomic mass is 127. The number of rotatable bonds is 0. The molecule has 66 valence electrons. The molecular weight excluding hydrogens is 350 g/mol. The topological polar surface area (TPSA) is 12.9 Å². The third-order valence-electron chi connectivity index (χ3n) is 1.08. The van der Waals surface area contributed by atoms with Crippen molar-refractivity contribution in [3.63, 3.8) is 0 Å². The number of hydrogen-bond acceptors (Lipinski definition) is 1. The second kappa shape index (κ2) is 3.49. The van der Waals surface area contributed by atoms with E-state index in [1.54, 1.807) is 22.6 Å². The van der Waals surface area contributed by atoms with Crippen molar-refractivity contribution in [2.75, 3.05) is 0 Å². The van der Waals surface area contributed by atoms with Gasteiger partial charge in [0.2, 0.25) is 0 Å². The van der Waals surface area contributed by atoms with E-state index in [0.717, 1.165) is 6.20 Å². The molecule has 0 aliphatic rings. The Kier molecular flexibility index (Phi) is 2.97. The summed E-state index contributed by atoms with van der Waals surface area (Å²) in [5.41, 5.74) is -0.841. The van der Waals surface area contributed by atoms with Crippen molar-refractivity contribution in [1.29, 1.82) is 0 Å². The maximum atomic E-state index is 12.1. The highest BCUT2D eigenvalue weighted by Gasteiger charge is 2.34. The Morgan fingerprint density at radius 3 is 2.42 bits per heavy atom. The molecule has 12 heavy (non-hydrogen) atoms. The van der Waals surface area contributed by atoms with Gasteiger partial charge in [-0.1, -0.05) is 0 Å². The summed E-state index contributed by atoms with van der Waals surface area (Å²) >= 11 is 4.63. The van der Waals surface area contributed by atoms with Gasteiger partial charge < -0.3 is 0 Å². The number of alkyl halides is 3. The second-order valence-corrected chi connectivity index (χ2v) is 4.06. The van der Waals surface area contributed by atoms with Crippen LogP contribution in [0, 0.1) is 3.57 Å². The van der Waals surface area contributed by atoms with E-state index in [0.29, 0.717) is 4.47 Å². The molecule has 0 aromatic carbocycles. The molecule has 0 aliphatic carbocycles. The fourth-order valence-corrected chi connectivity index (χ4v) is 2.16. The molecule has 1 nitrogen and oxygen atoms in total. The van der Waals surface area contributed by atoms with Crippen LogP contribution >= 0.6 is 38.5 Å². The minimum Gasteiger partial charge on any atom is -0.250 e. The van der Waals surface area contributed by atoms with Gasteiger partial charge in [-0.15, -0.1) is 0 Å². The number of pyridine rings is 1. The van der Waals surface area contributed by atoms with Gasteiger partial charge in [-0.25, -0.2) is 4.98 Å². The fourth-order valence-electron chi connectivity index (χ4n) is 0.623. The fraction of sp³-hybridized carbons (Fsp3) is 0.167. The first-order valence-corrected chi connectivity index (χ1v) is 4.66. The summed E-state index contributed by atoms with van der Waals surface area (Å²) in [5.74, 6) is 0. The zero-order chi connectivity index (χ0) is 9.35. The van der Waals surface area contributed by atoms with Crippen LogP contribution in [0.5, 0.6) is 0 Å². The third kappa shape index (κ3) is 2.32. The lowest BCUT2D eigenvalue weighted by Crippen LogP contribution is -2.09. The first-order chi connectivity index (χ1) is 5.41. The predicted molar refractivity (Wildman–Crippen MR) is 49.7 cm³/mol. The number of halogens is 5. The van der Waals surface area contributed by atoms with Gasteiger partial charge in [0.15, 0.2) is 5.69 Å². The lowest BCUT2D eigenvalue weighted by atomic mass is 10.3. The van der Waals surface area contributed by atoms with Crippen molar-refractivity contribution in [3.05, 3.63) is 26.0 Å². The Morgan fingerprint density at radius 1 is 1.42 bits per heavy atom. The molecule has 0 N–H and O–H groups in total. The van der Waals surface area contributed by atoms with Crippen LogP contribution in [0.2, 0.25) is 0 Å². The lowest BCUT2D eigenvalue weighted by molar-refractivity contribution is -0.141. The molecule has 1 rings (SSSR count). The van der Waals surface area contributed by atoms with Crippen LogP contribution in [0.1, 0.15) is 5.69 Å². The number of nitrogens with zero attached hydrogens (tertiary/aromatic N) is 1. The molecule has 0 fully saturated rings. The standard InChI is InChI=1S/C6H2BrF3IN/c7-3-1-4(11)5(12-2-3)6(8,9)10/h1-2H. The second-order valence-electron chi connectivity index (χ2n) is 1.98. The van der Waals surface area contributed by atoms with Crippen molar-refractivity contribution in [2.24, 2.45) is 0 Å². The molecular formula is C6H2BrF3IN. The van der Waals surface area contributed by atoms with Crippen LogP contribution < -0.4 is 0 Å². The highest BCUT2D eigenvalue weighted by molar-refractivity contribution is 14.1. The van der Waals surface area contributed by atoms with Crippen molar-refractivity contribution in [2.45, 2.75) is 6.18 Å². The zero-order valence-corrected chi connectivity index (χ0v) is 9.24. The molecule has 0 saturated carbocycles. The Bertz CT molecular complexity index is 299. The molecule has 0 amide bonds. The minimum atomic E-state index is -4.36. The molecule has 0 atom stereocenters. The van der Waals surface area contributed by atoms with Gasteiger partial charge in [0, 0.05) is 14.2 Å². The Morgan fingerprint density at radius 2 is 2.00 bits per heavy atom. The van der Waals surface area contributed by atoms with Crippen LogP contribution in [-0.4, -0.2) is 4.98 Å². The third-order valence-corrected chi connectivity index (χ3v) is 2.33. The molecule has 1 heterocycles. The van der Waals surface area contributed by atoms with Gasteiger partial charge in [0.05, 0.1) is 0 Å². The molecule has 0 aliphatic heterocycles. The summed E-state index contributed by atoms with van der Waals surface area (Å²) in [6.07, 6.45) is -3.23. The largest absolute Gasteiger partial charge is 0.434 e. The van der Waals surface area contributed by atoms with Crippen molar-refractivity contribution < 1.29 is 13.2 Å². The molecule has 0 unspecified atom stereocenters. The zero-order valence-electron chi connectivity index (χ0n) is 5.49. The molecule has 1 aromatic heterocycles. The Hall–Kier alpha value is 0.150. The van der Waals surface area contributed by atoms with Gasteiger partial charge in [-0.2, -0.15) is 13.2 Å². The van der Waals surface area contributed by atoms with Crippen LogP contribution in [0.3, 0.4) is 0 Å². The van der Waals surface area contributed by atoms with Crippen LogP contribution in [0.15, 0.2) is 16.7 Å². The maximum absolute atomic E-state index is 12.1. The Labute approximate surface area is 88.6 Å². The summed E-state index contributed by atoms with van der Waals surface area (Å²) in [7, 11) is 0. The van der Waals surface area contributed by atoms with E-state index in [1.165, 1.54) is 6.07 Å². The van der Waals surface area contributed by atoms with E-state index < -0.39 is 11.9 Å². The average molecular weight is 352 g/mol. The molecule has 1 aromatic rings.